The maximum absolute atomic E-state index is 11.6. The lowest BCUT2D eigenvalue weighted by atomic mass is 10.2. The number of urea groups is 1. The van der Waals surface area contributed by atoms with Crippen molar-refractivity contribution in [2.75, 3.05) is 11.9 Å². The molecule has 0 aliphatic carbocycles. The van der Waals surface area contributed by atoms with Gasteiger partial charge in [-0.05, 0) is 24.1 Å². The van der Waals surface area contributed by atoms with Crippen LogP contribution in [-0.4, -0.2) is 22.4 Å². The van der Waals surface area contributed by atoms with Gasteiger partial charge in [0.25, 0.3) is 0 Å². The molecule has 0 saturated heterocycles. The molecule has 0 aliphatic rings. The summed E-state index contributed by atoms with van der Waals surface area (Å²) in [7, 11) is 0. The van der Waals surface area contributed by atoms with E-state index in [1.54, 1.807) is 10.9 Å². The molecule has 0 spiro atoms. The summed E-state index contributed by atoms with van der Waals surface area (Å²) in [6.07, 6.45) is 5.52. The number of benzene rings is 1. The van der Waals surface area contributed by atoms with Crippen molar-refractivity contribution < 1.29 is 4.79 Å². The van der Waals surface area contributed by atoms with Crippen molar-refractivity contribution in [2.45, 2.75) is 26.3 Å². The molecule has 0 aliphatic heterocycles. The molecular weight excluding hydrogens is 332 g/mol. The fourth-order valence-corrected chi connectivity index (χ4v) is 2.11. The lowest BCUT2D eigenvalue weighted by molar-refractivity contribution is 0.252. The first kappa shape index (κ1) is 15.6. The zero-order valence-corrected chi connectivity index (χ0v) is 13.6. The summed E-state index contributed by atoms with van der Waals surface area (Å²) in [5.41, 5.74) is 1.85. The Balaban J connectivity index is 1.86. The van der Waals surface area contributed by atoms with E-state index in [1.807, 2.05) is 30.5 Å². The number of anilines is 1. The van der Waals surface area contributed by atoms with Gasteiger partial charge in [-0.15, -0.1) is 0 Å². The van der Waals surface area contributed by atoms with E-state index in [0.29, 0.717) is 18.8 Å². The Morgan fingerprint density at radius 2 is 2.10 bits per heavy atom. The van der Waals surface area contributed by atoms with Gasteiger partial charge in [0.1, 0.15) is 0 Å². The fraction of sp³-hybridized carbons (Fsp3) is 0.333. The topological polar surface area (TPSA) is 59.0 Å². The Labute approximate surface area is 132 Å². The molecule has 0 fully saturated rings. The van der Waals surface area contributed by atoms with Crippen molar-refractivity contribution >= 4 is 27.6 Å². The average molecular weight is 351 g/mol. The highest BCUT2D eigenvalue weighted by Crippen LogP contribution is 2.12. The third kappa shape index (κ3) is 5.23. The SMILES string of the molecule is CCCCNC(=O)Nc1cnn(Cc2ccc(Br)cc2)c1. The second-order valence-corrected chi connectivity index (χ2v) is 5.70. The number of hydrogen-bond acceptors (Lipinski definition) is 2. The van der Waals surface area contributed by atoms with Crippen molar-refractivity contribution in [2.24, 2.45) is 0 Å². The first-order valence-corrected chi connectivity index (χ1v) is 7.78. The third-order valence-electron chi connectivity index (χ3n) is 2.96. The van der Waals surface area contributed by atoms with Crippen LogP contribution in [-0.2, 0) is 6.54 Å². The zero-order chi connectivity index (χ0) is 15.1. The zero-order valence-electron chi connectivity index (χ0n) is 12.0. The maximum Gasteiger partial charge on any atom is 0.319 e. The van der Waals surface area contributed by atoms with Crippen LogP contribution in [0.1, 0.15) is 25.3 Å². The first-order valence-electron chi connectivity index (χ1n) is 6.99. The fourth-order valence-electron chi connectivity index (χ4n) is 1.85. The minimum Gasteiger partial charge on any atom is -0.338 e. The summed E-state index contributed by atoms with van der Waals surface area (Å²) in [4.78, 5) is 11.6. The minimum absolute atomic E-state index is 0.188. The van der Waals surface area contributed by atoms with Crippen molar-refractivity contribution in [3.05, 3.63) is 46.7 Å². The molecular formula is C15H19BrN4O. The molecule has 0 atom stereocenters. The molecule has 2 N–H and O–H groups in total. The van der Waals surface area contributed by atoms with Gasteiger partial charge in [0.15, 0.2) is 0 Å². The molecule has 0 saturated carbocycles. The standard InChI is InChI=1S/C15H19BrN4O/c1-2-3-8-17-15(21)19-14-9-18-20(11-14)10-12-4-6-13(16)7-5-12/h4-7,9,11H,2-3,8,10H2,1H3,(H2,17,19,21). The van der Waals surface area contributed by atoms with Gasteiger partial charge in [-0.1, -0.05) is 41.4 Å². The monoisotopic (exact) mass is 350 g/mol. The number of amides is 2. The minimum atomic E-state index is -0.188. The summed E-state index contributed by atoms with van der Waals surface area (Å²) >= 11 is 3.41. The lowest BCUT2D eigenvalue weighted by Crippen LogP contribution is -2.29. The highest BCUT2D eigenvalue weighted by Gasteiger charge is 2.04. The molecule has 1 heterocycles. The van der Waals surface area contributed by atoms with Gasteiger partial charge in [-0.25, -0.2) is 4.79 Å². The Morgan fingerprint density at radius 1 is 1.33 bits per heavy atom. The van der Waals surface area contributed by atoms with E-state index in [2.05, 4.69) is 38.6 Å². The number of nitrogens with zero attached hydrogens (tertiary/aromatic N) is 2. The Bertz CT molecular complexity index is 580. The van der Waals surface area contributed by atoms with E-state index in [1.165, 1.54) is 0 Å². The molecule has 6 heteroatoms. The normalized spacial score (nSPS) is 10.4. The van der Waals surface area contributed by atoms with Crippen LogP contribution in [0, 0.1) is 0 Å². The van der Waals surface area contributed by atoms with E-state index in [-0.39, 0.29) is 6.03 Å². The Kier molecular flexibility index (Phi) is 5.80. The average Bonchev–Trinajstić information content (AvgIpc) is 2.89. The van der Waals surface area contributed by atoms with Crippen LogP contribution in [0.15, 0.2) is 41.1 Å². The summed E-state index contributed by atoms with van der Waals surface area (Å²) in [5.74, 6) is 0. The van der Waals surface area contributed by atoms with E-state index >= 15 is 0 Å². The van der Waals surface area contributed by atoms with E-state index in [9.17, 15) is 4.79 Å². The number of carbonyl (C=O) groups is 1. The summed E-state index contributed by atoms with van der Waals surface area (Å²) in [6, 6.07) is 7.89. The van der Waals surface area contributed by atoms with Crippen LogP contribution in [0.4, 0.5) is 10.5 Å². The second-order valence-electron chi connectivity index (χ2n) is 4.79. The van der Waals surface area contributed by atoms with E-state index in [0.717, 1.165) is 22.9 Å². The quantitative estimate of drug-likeness (QED) is 0.781. The molecule has 112 valence electrons. The number of hydrogen-bond donors (Lipinski definition) is 2. The van der Waals surface area contributed by atoms with Crippen LogP contribution in [0.2, 0.25) is 0 Å². The Morgan fingerprint density at radius 3 is 2.81 bits per heavy atom. The van der Waals surface area contributed by atoms with Crippen LogP contribution < -0.4 is 10.6 Å². The number of carbonyl (C=O) groups excluding carboxylic acids is 1. The predicted octanol–water partition coefficient (Wildman–Crippen LogP) is 3.62. The number of aromatic nitrogens is 2. The molecule has 0 bridgehead atoms. The number of unbranched alkanes of at least 4 members (excludes halogenated alkanes) is 1. The highest BCUT2D eigenvalue weighted by molar-refractivity contribution is 9.10. The van der Waals surface area contributed by atoms with Gasteiger partial charge in [-0.2, -0.15) is 5.10 Å². The number of halogens is 1. The highest BCUT2D eigenvalue weighted by atomic mass is 79.9. The Hall–Kier alpha value is -1.82. The van der Waals surface area contributed by atoms with Gasteiger partial charge in [0.05, 0.1) is 18.4 Å². The molecule has 2 aromatic rings. The molecule has 2 amide bonds. The van der Waals surface area contributed by atoms with Crippen molar-refractivity contribution in [1.29, 1.82) is 0 Å². The third-order valence-corrected chi connectivity index (χ3v) is 3.49. The van der Waals surface area contributed by atoms with Gasteiger partial charge in [0.2, 0.25) is 0 Å². The van der Waals surface area contributed by atoms with Gasteiger partial charge < -0.3 is 10.6 Å². The van der Waals surface area contributed by atoms with Crippen LogP contribution in [0.5, 0.6) is 0 Å². The molecule has 21 heavy (non-hydrogen) atoms. The number of nitrogens with one attached hydrogen (secondary N) is 2. The molecule has 0 radical (unpaired) electrons. The van der Waals surface area contributed by atoms with Gasteiger partial charge >= 0.3 is 6.03 Å². The predicted molar refractivity (Wildman–Crippen MR) is 87.4 cm³/mol. The smallest absolute Gasteiger partial charge is 0.319 e. The van der Waals surface area contributed by atoms with Crippen LogP contribution >= 0.6 is 15.9 Å². The molecule has 5 nitrogen and oxygen atoms in total. The summed E-state index contributed by atoms with van der Waals surface area (Å²) < 4.78 is 2.85. The molecule has 0 unspecified atom stereocenters. The summed E-state index contributed by atoms with van der Waals surface area (Å²) in [5, 5.41) is 9.83. The molecule has 1 aromatic carbocycles. The molecule has 1 aromatic heterocycles. The van der Waals surface area contributed by atoms with E-state index < -0.39 is 0 Å². The van der Waals surface area contributed by atoms with Crippen LogP contribution in [0.3, 0.4) is 0 Å². The van der Waals surface area contributed by atoms with Gasteiger partial charge in [-0.3, -0.25) is 4.68 Å². The molecule has 2 rings (SSSR count). The summed E-state index contributed by atoms with van der Waals surface area (Å²) in [6.45, 7) is 3.45. The van der Waals surface area contributed by atoms with E-state index in [4.69, 9.17) is 0 Å². The van der Waals surface area contributed by atoms with Gasteiger partial charge in [0, 0.05) is 17.2 Å². The largest absolute Gasteiger partial charge is 0.338 e. The van der Waals surface area contributed by atoms with Crippen molar-refractivity contribution in [1.82, 2.24) is 15.1 Å². The maximum atomic E-state index is 11.6. The lowest BCUT2D eigenvalue weighted by Gasteiger charge is -2.04. The first-order chi connectivity index (χ1) is 10.2. The van der Waals surface area contributed by atoms with Crippen molar-refractivity contribution in [3.63, 3.8) is 0 Å². The number of rotatable bonds is 6. The second kappa shape index (κ2) is 7.83. The van der Waals surface area contributed by atoms with Crippen LogP contribution in [0.25, 0.3) is 0 Å². The van der Waals surface area contributed by atoms with Crippen molar-refractivity contribution in [3.8, 4) is 0 Å².